The molecule has 1 N–H and O–H groups in total. The van der Waals surface area contributed by atoms with Crippen LogP contribution in [0.25, 0.3) is 0 Å². The van der Waals surface area contributed by atoms with Gasteiger partial charge in [0.2, 0.25) is 10.0 Å². The first-order valence-corrected chi connectivity index (χ1v) is 8.72. The predicted octanol–water partition coefficient (Wildman–Crippen LogP) is 2.48. The summed E-state index contributed by atoms with van der Waals surface area (Å²) in [5.74, 6) is 0.526. The van der Waals surface area contributed by atoms with E-state index in [0.717, 1.165) is 24.9 Å². The summed E-state index contributed by atoms with van der Waals surface area (Å²) in [5, 5.41) is 3.67. The van der Waals surface area contributed by atoms with Crippen LogP contribution < -0.4 is 5.32 Å². The molecule has 0 aromatic heterocycles. The van der Waals surface area contributed by atoms with Gasteiger partial charge in [-0.25, -0.2) is 12.7 Å². The Morgan fingerprint density at radius 2 is 2.10 bits per heavy atom. The van der Waals surface area contributed by atoms with Crippen LogP contribution in [-0.2, 0) is 16.6 Å². The van der Waals surface area contributed by atoms with Gasteiger partial charge in [-0.2, -0.15) is 0 Å². The standard InChI is InChI=1S/C14H21ClN2O2S/c1-3-16-9-12-6-7-13(8-14(12)15)20(18,19)17(2)10-11-4-5-11/h6-8,11,16H,3-5,9-10H2,1-2H3. The van der Waals surface area contributed by atoms with E-state index in [4.69, 9.17) is 11.6 Å². The first kappa shape index (κ1) is 15.8. The normalized spacial score (nSPS) is 15.8. The Bertz CT molecular complexity index is 571. The second-order valence-electron chi connectivity index (χ2n) is 5.26. The molecule has 1 aromatic rings. The molecule has 112 valence electrons. The highest BCUT2D eigenvalue weighted by Gasteiger charge is 2.29. The third kappa shape index (κ3) is 3.73. The molecule has 2 rings (SSSR count). The Morgan fingerprint density at radius 1 is 1.40 bits per heavy atom. The minimum atomic E-state index is -3.43. The molecule has 0 saturated heterocycles. The van der Waals surface area contributed by atoms with Gasteiger partial charge < -0.3 is 5.32 Å². The Kier molecular flexibility index (Phi) is 5.07. The van der Waals surface area contributed by atoms with Crippen LogP contribution in [0.15, 0.2) is 23.1 Å². The number of hydrogen-bond donors (Lipinski definition) is 1. The lowest BCUT2D eigenvalue weighted by atomic mass is 10.2. The van der Waals surface area contributed by atoms with Crippen molar-refractivity contribution in [1.82, 2.24) is 9.62 Å². The van der Waals surface area contributed by atoms with Crippen LogP contribution >= 0.6 is 11.6 Å². The molecule has 1 aliphatic carbocycles. The van der Waals surface area contributed by atoms with Gasteiger partial charge in [0.1, 0.15) is 0 Å². The first-order chi connectivity index (χ1) is 9.45. The molecule has 1 saturated carbocycles. The van der Waals surface area contributed by atoms with Gasteiger partial charge in [-0.05, 0) is 43.0 Å². The molecule has 1 fully saturated rings. The third-order valence-electron chi connectivity index (χ3n) is 3.51. The molecule has 0 atom stereocenters. The van der Waals surface area contributed by atoms with Crippen LogP contribution in [-0.4, -0.2) is 32.9 Å². The predicted molar refractivity (Wildman–Crippen MR) is 81.4 cm³/mol. The number of halogens is 1. The van der Waals surface area contributed by atoms with Crippen molar-refractivity contribution < 1.29 is 8.42 Å². The largest absolute Gasteiger partial charge is 0.313 e. The maximum Gasteiger partial charge on any atom is 0.242 e. The number of sulfonamides is 1. The van der Waals surface area contributed by atoms with E-state index in [1.54, 1.807) is 25.2 Å². The molecular weight excluding hydrogens is 296 g/mol. The van der Waals surface area contributed by atoms with Gasteiger partial charge in [0.25, 0.3) is 0 Å². The topological polar surface area (TPSA) is 49.4 Å². The van der Waals surface area contributed by atoms with Crippen molar-refractivity contribution in [3.8, 4) is 0 Å². The van der Waals surface area contributed by atoms with Crippen molar-refractivity contribution in [3.63, 3.8) is 0 Å². The summed E-state index contributed by atoms with van der Waals surface area (Å²) in [4.78, 5) is 0.269. The molecule has 1 aliphatic rings. The maximum atomic E-state index is 12.4. The van der Waals surface area contributed by atoms with Gasteiger partial charge in [-0.3, -0.25) is 0 Å². The van der Waals surface area contributed by atoms with Crippen LogP contribution in [0.5, 0.6) is 0 Å². The third-order valence-corrected chi connectivity index (χ3v) is 5.68. The van der Waals surface area contributed by atoms with Gasteiger partial charge in [-0.15, -0.1) is 0 Å². The lowest BCUT2D eigenvalue weighted by Gasteiger charge is -2.17. The molecule has 1 aromatic carbocycles. The van der Waals surface area contributed by atoms with E-state index in [-0.39, 0.29) is 4.90 Å². The summed E-state index contributed by atoms with van der Waals surface area (Å²) in [7, 11) is -1.79. The van der Waals surface area contributed by atoms with E-state index in [1.165, 1.54) is 4.31 Å². The monoisotopic (exact) mass is 316 g/mol. The fraction of sp³-hybridized carbons (Fsp3) is 0.571. The van der Waals surface area contributed by atoms with Crippen molar-refractivity contribution in [1.29, 1.82) is 0 Å². The SMILES string of the molecule is CCNCc1ccc(S(=O)(=O)N(C)CC2CC2)cc1Cl. The summed E-state index contributed by atoms with van der Waals surface area (Å²) >= 11 is 6.17. The molecular formula is C14H21ClN2O2S. The van der Waals surface area contributed by atoms with Crippen LogP contribution in [0.3, 0.4) is 0 Å². The Morgan fingerprint density at radius 3 is 2.65 bits per heavy atom. The summed E-state index contributed by atoms with van der Waals surface area (Å²) in [6.45, 7) is 4.10. The quantitative estimate of drug-likeness (QED) is 0.840. The summed E-state index contributed by atoms with van der Waals surface area (Å²) < 4.78 is 26.3. The van der Waals surface area contributed by atoms with Gasteiger partial charge in [0.05, 0.1) is 4.90 Å². The van der Waals surface area contributed by atoms with Crippen LogP contribution in [0, 0.1) is 5.92 Å². The summed E-state index contributed by atoms with van der Waals surface area (Å²) in [5.41, 5.74) is 0.914. The van der Waals surface area contributed by atoms with Crippen LogP contribution in [0.2, 0.25) is 5.02 Å². The minimum Gasteiger partial charge on any atom is -0.313 e. The van der Waals surface area contributed by atoms with E-state index in [2.05, 4.69) is 5.32 Å². The van der Waals surface area contributed by atoms with E-state index in [1.807, 2.05) is 6.92 Å². The van der Waals surface area contributed by atoms with Gasteiger partial charge in [0, 0.05) is 25.2 Å². The molecule has 0 aliphatic heterocycles. The lowest BCUT2D eigenvalue weighted by molar-refractivity contribution is 0.453. The second-order valence-corrected chi connectivity index (χ2v) is 7.71. The Labute approximate surface area is 126 Å². The highest BCUT2D eigenvalue weighted by Crippen LogP contribution is 2.31. The van der Waals surface area contributed by atoms with Crippen molar-refractivity contribution >= 4 is 21.6 Å². The average molecular weight is 317 g/mol. The molecule has 4 nitrogen and oxygen atoms in total. The van der Waals surface area contributed by atoms with Crippen molar-refractivity contribution in [2.24, 2.45) is 5.92 Å². The number of rotatable bonds is 7. The minimum absolute atomic E-state index is 0.269. The summed E-state index contributed by atoms with van der Waals surface area (Å²) in [6, 6.07) is 4.97. The first-order valence-electron chi connectivity index (χ1n) is 6.90. The molecule has 0 amide bonds. The molecule has 6 heteroatoms. The van der Waals surface area contributed by atoms with Crippen LogP contribution in [0.1, 0.15) is 25.3 Å². The molecule has 20 heavy (non-hydrogen) atoms. The number of benzene rings is 1. The highest BCUT2D eigenvalue weighted by atomic mass is 35.5. The Hall–Kier alpha value is -0.620. The zero-order valence-electron chi connectivity index (χ0n) is 11.9. The molecule has 0 spiro atoms. The van der Waals surface area contributed by atoms with E-state index in [9.17, 15) is 8.42 Å². The van der Waals surface area contributed by atoms with E-state index >= 15 is 0 Å². The fourth-order valence-electron chi connectivity index (χ4n) is 2.03. The average Bonchev–Trinajstić information content (AvgIpc) is 3.21. The number of nitrogens with one attached hydrogen (secondary N) is 1. The highest BCUT2D eigenvalue weighted by molar-refractivity contribution is 7.89. The number of nitrogens with zero attached hydrogens (tertiary/aromatic N) is 1. The maximum absolute atomic E-state index is 12.4. The zero-order chi connectivity index (χ0) is 14.8. The van der Waals surface area contributed by atoms with Crippen LogP contribution in [0.4, 0.5) is 0 Å². The molecule has 0 radical (unpaired) electrons. The molecule has 0 bridgehead atoms. The van der Waals surface area contributed by atoms with Crippen molar-refractivity contribution in [2.75, 3.05) is 20.1 Å². The fourth-order valence-corrected chi connectivity index (χ4v) is 3.62. The second kappa shape index (κ2) is 6.43. The van der Waals surface area contributed by atoms with Gasteiger partial charge in [0.15, 0.2) is 0 Å². The lowest BCUT2D eigenvalue weighted by Crippen LogP contribution is -2.29. The van der Waals surface area contributed by atoms with E-state index in [0.29, 0.717) is 24.0 Å². The van der Waals surface area contributed by atoms with Crippen molar-refractivity contribution in [2.45, 2.75) is 31.2 Å². The summed E-state index contributed by atoms with van der Waals surface area (Å²) in [6.07, 6.45) is 2.25. The van der Waals surface area contributed by atoms with Crippen molar-refractivity contribution in [3.05, 3.63) is 28.8 Å². The Balaban J connectivity index is 2.16. The smallest absolute Gasteiger partial charge is 0.242 e. The van der Waals surface area contributed by atoms with Gasteiger partial charge >= 0.3 is 0 Å². The number of hydrogen-bond acceptors (Lipinski definition) is 3. The zero-order valence-corrected chi connectivity index (χ0v) is 13.5. The molecule has 0 heterocycles. The van der Waals surface area contributed by atoms with Gasteiger partial charge in [-0.1, -0.05) is 24.6 Å². The molecule has 0 unspecified atom stereocenters. The van der Waals surface area contributed by atoms with E-state index < -0.39 is 10.0 Å².